The van der Waals surface area contributed by atoms with Crippen LogP contribution in [-0.2, 0) is 13.2 Å². The molecule has 0 aliphatic heterocycles. The van der Waals surface area contributed by atoms with Gasteiger partial charge in [-0.3, -0.25) is 0 Å². The minimum absolute atomic E-state index is 0.102. The van der Waals surface area contributed by atoms with Crippen molar-refractivity contribution in [2.75, 3.05) is 7.05 Å². The third kappa shape index (κ3) is 3.96. The summed E-state index contributed by atoms with van der Waals surface area (Å²) in [6.07, 6.45) is 0. The number of ether oxygens (including phenoxy) is 1. The van der Waals surface area contributed by atoms with Gasteiger partial charge in [0.15, 0.2) is 0 Å². The van der Waals surface area contributed by atoms with Gasteiger partial charge in [-0.15, -0.1) is 0 Å². The highest BCUT2D eigenvalue weighted by Gasteiger charge is 2.12. The fourth-order valence-electron chi connectivity index (χ4n) is 2.14. The maximum absolute atomic E-state index is 13.8. The minimum Gasteiger partial charge on any atom is -0.488 e. The lowest BCUT2D eigenvalue weighted by Crippen LogP contribution is -2.09. The quantitative estimate of drug-likeness (QED) is 0.810. The van der Waals surface area contributed by atoms with E-state index < -0.39 is 0 Å². The second-order valence-corrected chi connectivity index (χ2v) is 6.05. The van der Waals surface area contributed by atoms with E-state index in [1.165, 1.54) is 6.07 Å². The Kier molecular flexibility index (Phi) is 5.62. The summed E-state index contributed by atoms with van der Waals surface area (Å²) in [7, 11) is 1.87. The molecule has 0 atom stereocenters. The molecule has 112 valence electrons. The molecule has 0 spiro atoms. The zero-order chi connectivity index (χ0) is 15.4. The predicted octanol–water partition coefficient (Wildman–Crippen LogP) is 4.85. The first-order valence-electron chi connectivity index (χ1n) is 6.52. The Bertz CT molecular complexity index is 628. The molecule has 1 N–H and O–H groups in total. The standard InChI is InChI=1S/C16H16BrClFNO/c1-10-6-12(17)7-11(8-20-2)16(10)21-9-13-14(18)4-3-5-15(13)19/h3-7,20H,8-9H2,1-2H3. The molecule has 0 unspecified atom stereocenters. The molecular weight excluding hydrogens is 357 g/mol. The van der Waals surface area contributed by atoms with Crippen molar-refractivity contribution in [3.63, 3.8) is 0 Å². The van der Waals surface area contributed by atoms with Crippen molar-refractivity contribution in [3.05, 3.63) is 62.3 Å². The van der Waals surface area contributed by atoms with Crippen LogP contribution in [0.25, 0.3) is 0 Å². The molecule has 0 aliphatic rings. The van der Waals surface area contributed by atoms with Crippen molar-refractivity contribution < 1.29 is 9.13 Å². The second-order valence-electron chi connectivity index (χ2n) is 4.73. The Morgan fingerprint density at radius 3 is 2.76 bits per heavy atom. The van der Waals surface area contributed by atoms with E-state index in [4.69, 9.17) is 16.3 Å². The van der Waals surface area contributed by atoms with Crippen LogP contribution < -0.4 is 10.1 Å². The molecule has 5 heteroatoms. The number of rotatable bonds is 5. The van der Waals surface area contributed by atoms with Gasteiger partial charge in [-0.25, -0.2) is 4.39 Å². The highest BCUT2D eigenvalue weighted by Crippen LogP contribution is 2.30. The van der Waals surface area contributed by atoms with Crippen molar-refractivity contribution in [3.8, 4) is 5.75 Å². The Morgan fingerprint density at radius 1 is 1.33 bits per heavy atom. The molecule has 0 fully saturated rings. The molecule has 0 aromatic heterocycles. The summed E-state index contributed by atoms with van der Waals surface area (Å²) < 4.78 is 20.6. The molecule has 0 aliphatic carbocycles. The molecular formula is C16H16BrClFNO. The van der Waals surface area contributed by atoms with Crippen molar-refractivity contribution >= 4 is 27.5 Å². The van der Waals surface area contributed by atoms with Crippen molar-refractivity contribution in [1.29, 1.82) is 0 Å². The van der Waals surface area contributed by atoms with Crippen LogP contribution in [0.5, 0.6) is 5.75 Å². The normalized spacial score (nSPS) is 10.7. The first kappa shape index (κ1) is 16.3. The van der Waals surface area contributed by atoms with Crippen molar-refractivity contribution in [2.24, 2.45) is 0 Å². The molecule has 0 saturated heterocycles. The highest BCUT2D eigenvalue weighted by atomic mass is 79.9. The van der Waals surface area contributed by atoms with Crippen molar-refractivity contribution in [1.82, 2.24) is 5.32 Å². The smallest absolute Gasteiger partial charge is 0.131 e. The average molecular weight is 373 g/mol. The summed E-state index contributed by atoms with van der Waals surface area (Å²) in [6.45, 7) is 2.73. The Hall–Kier alpha value is -1.10. The molecule has 2 rings (SSSR count). The number of hydrogen-bond acceptors (Lipinski definition) is 2. The maximum Gasteiger partial charge on any atom is 0.131 e. The fourth-order valence-corrected chi connectivity index (χ4v) is 2.98. The monoisotopic (exact) mass is 371 g/mol. The lowest BCUT2D eigenvalue weighted by Gasteiger charge is -2.16. The Morgan fingerprint density at radius 2 is 2.10 bits per heavy atom. The van der Waals surface area contributed by atoms with Crippen LogP contribution in [0.1, 0.15) is 16.7 Å². The summed E-state index contributed by atoms with van der Waals surface area (Å²) in [4.78, 5) is 0. The van der Waals surface area contributed by atoms with Gasteiger partial charge >= 0.3 is 0 Å². The summed E-state index contributed by atoms with van der Waals surface area (Å²) >= 11 is 9.49. The lowest BCUT2D eigenvalue weighted by atomic mass is 10.1. The third-order valence-electron chi connectivity index (χ3n) is 3.11. The van der Waals surface area contributed by atoms with Crippen LogP contribution in [0.3, 0.4) is 0 Å². The van der Waals surface area contributed by atoms with Gasteiger partial charge in [0.1, 0.15) is 18.2 Å². The van der Waals surface area contributed by atoms with Gasteiger partial charge in [0.25, 0.3) is 0 Å². The molecule has 21 heavy (non-hydrogen) atoms. The van der Waals surface area contributed by atoms with E-state index in [2.05, 4.69) is 21.2 Å². The first-order valence-corrected chi connectivity index (χ1v) is 7.69. The Labute approximate surface area is 137 Å². The van der Waals surface area contributed by atoms with Crippen LogP contribution in [0.2, 0.25) is 5.02 Å². The Balaban J connectivity index is 2.27. The van der Waals surface area contributed by atoms with E-state index >= 15 is 0 Å². The van der Waals surface area contributed by atoms with E-state index in [9.17, 15) is 4.39 Å². The van der Waals surface area contributed by atoms with Crippen LogP contribution in [-0.4, -0.2) is 7.05 Å². The molecule has 2 aromatic carbocycles. The molecule has 2 aromatic rings. The van der Waals surface area contributed by atoms with E-state index in [0.29, 0.717) is 17.1 Å². The van der Waals surface area contributed by atoms with E-state index in [1.807, 2.05) is 26.1 Å². The first-order chi connectivity index (χ1) is 10.0. The van der Waals surface area contributed by atoms with Crippen LogP contribution >= 0.6 is 27.5 Å². The van der Waals surface area contributed by atoms with Gasteiger partial charge in [0, 0.05) is 22.1 Å². The average Bonchev–Trinajstić information content (AvgIpc) is 2.40. The van der Waals surface area contributed by atoms with E-state index in [0.717, 1.165) is 21.3 Å². The van der Waals surface area contributed by atoms with Crippen LogP contribution in [0.4, 0.5) is 4.39 Å². The molecule has 0 heterocycles. The highest BCUT2D eigenvalue weighted by molar-refractivity contribution is 9.10. The van der Waals surface area contributed by atoms with Crippen molar-refractivity contribution in [2.45, 2.75) is 20.1 Å². The number of nitrogens with one attached hydrogen (secondary N) is 1. The predicted molar refractivity (Wildman–Crippen MR) is 87.4 cm³/mol. The van der Waals surface area contributed by atoms with Gasteiger partial charge < -0.3 is 10.1 Å². The van der Waals surface area contributed by atoms with Gasteiger partial charge in [-0.05, 0) is 43.8 Å². The number of benzene rings is 2. The zero-order valence-corrected chi connectivity index (χ0v) is 14.2. The van der Waals surface area contributed by atoms with Crippen LogP contribution in [0.15, 0.2) is 34.8 Å². The van der Waals surface area contributed by atoms with E-state index in [1.54, 1.807) is 12.1 Å². The molecule has 2 nitrogen and oxygen atoms in total. The minimum atomic E-state index is -0.354. The van der Waals surface area contributed by atoms with Gasteiger partial charge in [-0.2, -0.15) is 0 Å². The summed E-state index contributed by atoms with van der Waals surface area (Å²) in [5, 5.41) is 3.47. The summed E-state index contributed by atoms with van der Waals surface area (Å²) in [5.41, 5.74) is 2.37. The van der Waals surface area contributed by atoms with Crippen LogP contribution in [0, 0.1) is 12.7 Å². The lowest BCUT2D eigenvalue weighted by molar-refractivity contribution is 0.294. The molecule has 0 saturated carbocycles. The summed E-state index contributed by atoms with van der Waals surface area (Å²) in [6, 6.07) is 8.58. The third-order valence-corrected chi connectivity index (χ3v) is 3.92. The number of halogens is 3. The SMILES string of the molecule is CNCc1cc(Br)cc(C)c1OCc1c(F)cccc1Cl. The zero-order valence-electron chi connectivity index (χ0n) is 11.8. The fraction of sp³-hybridized carbons (Fsp3) is 0.250. The maximum atomic E-state index is 13.8. The molecule has 0 amide bonds. The van der Waals surface area contributed by atoms with E-state index in [-0.39, 0.29) is 12.4 Å². The number of aryl methyl sites for hydroxylation is 1. The largest absolute Gasteiger partial charge is 0.488 e. The van der Waals surface area contributed by atoms with Gasteiger partial charge in [-0.1, -0.05) is 33.6 Å². The van der Waals surface area contributed by atoms with Gasteiger partial charge in [0.05, 0.1) is 5.02 Å². The van der Waals surface area contributed by atoms with Gasteiger partial charge in [0.2, 0.25) is 0 Å². The number of hydrogen-bond donors (Lipinski definition) is 1. The topological polar surface area (TPSA) is 21.3 Å². The molecule has 0 radical (unpaired) electrons. The summed E-state index contributed by atoms with van der Waals surface area (Å²) in [5.74, 6) is 0.402. The second kappa shape index (κ2) is 7.25. The molecule has 0 bridgehead atoms.